The molecule has 0 amide bonds. The summed E-state index contributed by atoms with van der Waals surface area (Å²) in [5.74, 6) is 6.01. The van der Waals surface area contributed by atoms with Crippen molar-refractivity contribution >= 4 is 10.9 Å². The van der Waals surface area contributed by atoms with Gasteiger partial charge in [0, 0.05) is 36.6 Å². The number of aromatic nitrogens is 1. The Morgan fingerprint density at radius 3 is 2.88 bits per heavy atom. The molecule has 0 aliphatic carbocycles. The molecule has 0 spiro atoms. The van der Waals surface area contributed by atoms with Crippen LogP contribution < -0.4 is 5.73 Å². The van der Waals surface area contributed by atoms with Gasteiger partial charge >= 0.3 is 0 Å². The molecule has 82 valence electrons. The van der Waals surface area contributed by atoms with Crippen LogP contribution in [0.25, 0.3) is 10.9 Å². The molecular weight excluding hydrogens is 196 g/mol. The van der Waals surface area contributed by atoms with Crippen LogP contribution in [0.3, 0.4) is 0 Å². The smallest absolute Gasteiger partial charge is 0.0483 e. The van der Waals surface area contributed by atoms with Crippen molar-refractivity contribution < 1.29 is 0 Å². The largest absolute Gasteiger partial charge is 0.346 e. The molecule has 0 saturated carbocycles. The van der Waals surface area contributed by atoms with Crippen molar-refractivity contribution in [1.82, 2.24) is 4.57 Å². The van der Waals surface area contributed by atoms with Gasteiger partial charge in [0.15, 0.2) is 0 Å². The molecule has 0 radical (unpaired) electrons. The summed E-state index contributed by atoms with van der Waals surface area (Å²) in [6.07, 6.45) is 3.03. The van der Waals surface area contributed by atoms with Crippen LogP contribution in [0.4, 0.5) is 0 Å². The molecule has 2 heteroatoms. The van der Waals surface area contributed by atoms with Gasteiger partial charge in [-0.15, -0.1) is 11.8 Å². The van der Waals surface area contributed by atoms with Crippen LogP contribution in [0.15, 0.2) is 30.5 Å². The second kappa shape index (κ2) is 4.87. The summed E-state index contributed by atoms with van der Waals surface area (Å²) in [4.78, 5) is 0. The average molecular weight is 212 g/mol. The summed E-state index contributed by atoms with van der Waals surface area (Å²) in [6.45, 7) is 3.40. The number of fused-ring (bicyclic) bond motifs is 1. The number of nitrogens with zero attached hydrogens (tertiary/aromatic N) is 1. The van der Waals surface area contributed by atoms with Crippen molar-refractivity contribution in [3.63, 3.8) is 0 Å². The van der Waals surface area contributed by atoms with Gasteiger partial charge in [-0.3, -0.25) is 0 Å². The second-order valence-corrected chi connectivity index (χ2v) is 3.75. The Morgan fingerprint density at radius 1 is 1.31 bits per heavy atom. The minimum absolute atomic E-state index is 0.590. The highest BCUT2D eigenvalue weighted by molar-refractivity contribution is 5.83. The van der Waals surface area contributed by atoms with Gasteiger partial charge in [-0.2, -0.15) is 0 Å². The average Bonchev–Trinajstić information content (AvgIpc) is 2.68. The molecule has 2 rings (SSSR count). The first-order valence-corrected chi connectivity index (χ1v) is 5.53. The molecule has 0 aliphatic rings. The lowest BCUT2D eigenvalue weighted by molar-refractivity contribution is 0.745. The van der Waals surface area contributed by atoms with Crippen molar-refractivity contribution in [3.05, 3.63) is 36.0 Å². The molecule has 1 aromatic heterocycles. The van der Waals surface area contributed by atoms with Gasteiger partial charge < -0.3 is 10.3 Å². The number of rotatable bonds is 3. The van der Waals surface area contributed by atoms with Gasteiger partial charge in [0.25, 0.3) is 0 Å². The summed E-state index contributed by atoms with van der Waals surface area (Å²) in [5.41, 5.74) is 8.20. The lowest BCUT2D eigenvalue weighted by Crippen LogP contribution is -1.96. The van der Waals surface area contributed by atoms with Crippen molar-refractivity contribution in [2.45, 2.75) is 26.4 Å². The molecule has 1 aromatic carbocycles. The molecule has 0 atom stereocenters. The maximum Gasteiger partial charge on any atom is 0.0483 e. The van der Waals surface area contributed by atoms with E-state index in [2.05, 4.69) is 46.9 Å². The van der Waals surface area contributed by atoms with E-state index in [0.717, 1.165) is 13.0 Å². The molecule has 2 aromatic rings. The highest BCUT2D eigenvalue weighted by Gasteiger charge is 2.05. The van der Waals surface area contributed by atoms with Gasteiger partial charge in [0.1, 0.15) is 0 Å². The first-order chi connectivity index (χ1) is 7.86. The molecule has 1 heterocycles. The van der Waals surface area contributed by atoms with Gasteiger partial charge in [0.2, 0.25) is 0 Å². The number of benzene rings is 1. The quantitative estimate of drug-likeness (QED) is 0.779. The zero-order valence-electron chi connectivity index (χ0n) is 9.53. The Bertz CT molecular complexity index is 541. The van der Waals surface area contributed by atoms with E-state index in [4.69, 9.17) is 5.73 Å². The minimum atomic E-state index is 0.590. The van der Waals surface area contributed by atoms with Crippen molar-refractivity contribution in [3.8, 4) is 11.8 Å². The van der Waals surface area contributed by atoms with E-state index in [-0.39, 0.29) is 0 Å². The van der Waals surface area contributed by atoms with Gasteiger partial charge in [0.05, 0.1) is 0 Å². The number of para-hydroxylation sites is 1. The fourth-order valence-corrected chi connectivity index (χ4v) is 1.97. The van der Waals surface area contributed by atoms with Crippen LogP contribution in [0, 0.1) is 11.8 Å². The number of hydrogen-bond acceptors (Lipinski definition) is 1. The standard InChI is InChI=1S/C14H16N2/c1-2-3-6-9-16-11-12(10-15)13-7-4-5-8-14(13)16/h4-5,7-8,11H,6,9-10,15H2,1H3. The number of nitrogens with two attached hydrogens (primary N) is 1. The van der Waals surface area contributed by atoms with E-state index in [1.54, 1.807) is 0 Å². The van der Waals surface area contributed by atoms with Crippen LogP contribution in [-0.2, 0) is 13.1 Å². The molecule has 0 unspecified atom stereocenters. The third-order valence-corrected chi connectivity index (χ3v) is 2.75. The Labute approximate surface area is 96.1 Å². The predicted molar refractivity (Wildman–Crippen MR) is 67.9 cm³/mol. The van der Waals surface area contributed by atoms with Crippen molar-refractivity contribution in [2.75, 3.05) is 0 Å². The first-order valence-electron chi connectivity index (χ1n) is 5.53. The SMILES string of the molecule is CC#CCCn1cc(CN)c2ccccc21. The van der Waals surface area contributed by atoms with E-state index in [0.29, 0.717) is 6.54 Å². The first kappa shape index (κ1) is 10.8. The molecule has 2 N–H and O–H groups in total. The molecule has 0 bridgehead atoms. The zero-order valence-corrected chi connectivity index (χ0v) is 9.53. The van der Waals surface area contributed by atoms with Crippen LogP contribution >= 0.6 is 0 Å². The second-order valence-electron chi connectivity index (χ2n) is 3.75. The summed E-state index contributed by atoms with van der Waals surface area (Å²) >= 11 is 0. The van der Waals surface area contributed by atoms with Crippen LogP contribution in [0.2, 0.25) is 0 Å². The fourth-order valence-electron chi connectivity index (χ4n) is 1.97. The molecule has 0 fully saturated rings. The minimum Gasteiger partial charge on any atom is -0.346 e. The van der Waals surface area contributed by atoms with E-state index in [9.17, 15) is 0 Å². The number of hydrogen-bond donors (Lipinski definition) is 1. The summed E-state index contributed by atoms with van der Waals surface area (Å²) in [5, 5.41) is 1.26. The lowest BCUT2D eigenvalue weighted by Gasteiger charge is -2.00. The van der Waals surface area contributed by atoms with E-state index < -0.39 is 0 Å². The molecule has 2 nitrogen and oxygen atoms in total. The zero-order chi connectivity index (χ0) is 11.4. The number of aryl methyl sites for hydroxylation is 1. The van der Waals surface area contributed by atoms with Gasteiger partial charge in [-0.05, 0) is 18.6 Å². The molecule has 16 heavy (non-hydrogen) atoms. The fraction of sp³-hybridized carbons (Fsp3) is 0.286. The topological polar surface area (TPSA) is 30.9 Å². The summed E-state index contributed by atoms with van der Waals surface area (Å²) in [6, 6.07) is 8.37. The Kier molecular flexibility index (Phi) is 3.28. The van der Waals surface area contributed by atoms with Crippen molar-refractivity contribution in [2.24, 2.45) is 5.73 Å². The Hall–Kier alpha value is -1.72. The Morgan fingerprint density at radius 2 is 2.12 bits per heavy atom. The van der Waals surface area contributed by atoms with Gasteiger partial charge in [-0.1, -0.05) is 18.2 Å². The molecule has 0 saturated heterocycles. The van der Waals surface area contributed by atoms with E-state index in [1.165, 1.54) is 16.5 Å². The molecule has 0 aliphatic heterocycles. The van der Waals surface area contributed by atoms with Crippen LogP contribution in [0.1, 0.15) is 18.9 Å². The highest BCUT2D eigenvalue weighted by Crippen LogP contribution is 2.20. The van der Waals surface area contributed by atoms with E-state index >= 15 is 0 Å². The van der Waals surface area contributed by atoms with Crippen molar-refractivity contribution in [1.29, 1.82) is 0 Å². The Balaban J connectivity index is 2.39. The summed E-state index contributed by atoms with van der Waals surface area (Å²) in [7, 11) is 0. The predicted octanol–water partition coefficient (Wildman–Crippen LogP) is 2.51. The van der Waals surface area contributed by atoms with Crippen LogP contribution in [-0.4, -0.2) is 4.57 Å². The lowest BCUT2D eigenvalue weighted by atomic mass is 10.2. The third-order valence-electron chi connectivity index (χ3n) is 2.75. The van der Waals surface area contributed by atoms with Gasteiger partial charge in [-0.25, -0.2) is 0 Å². The third kappa shape index (κ3) is 1.95. The summed E-state index contributed by atoms with van der Waals surface area (Å²) < 4.78 is 2.24. The van der Waals surface area contributed by atoms with E-state index in [1.807, 2.05) is 6.92 Å². The highest BCUT2D eigenvalue weighted by atomic mass is 15.0. The van der Waals surface area contributed by atoms with Crippen LogP contribution in [0.5, 0.6) is 0 Å². The maximum atomic E-state index is 5.74. The normalized spacial score (nSPS) is 10.1. The molecular formula is C14H16N2. The maximum absolute atomic E-state index is 5.74. The monoisotopic (exact) mass is 212 g/mol.